The zero-order valence-electron chi connectivity index (χ0n) is 11.5. The van der Waals surface area contributed by atoms with Crippen LogP contribution in [0.15, 0.2) is 24.3 Å². The van der Waals surface area contributed by atoms with Crippen molar-refractivity contribution >= 4 is 5.97 Å². The summed E-state index contributed by atoms with van der Waals surface area (Å²) in [6.07, 6.45) is 2.54. The Balaban J connectivity index is 2.19. The molecule has 4 heteroatoms. The molecule has 2 N–H and O–H groups in total. The topological polar surface area (TPSA) is 49.3 Å². The van der Waals surface area contributed by atoms with Crippen molar-refractivity contribution in [3.63, 3.8) is 0 Å². The van der Waals surface area contributed by atoms with Crippen LogP contribution in [-0.2, 0) is 11.3 Å². The van der Waals surface area contributed by atoms with E-state index >= 15 is 0 Å². The molecule has 0 aliphatic carbocycles. The molecular formula is C15H22FNO2. The molecule has 0 saturated heterocycles. The molecule has 0 spiro atoms. The molecule has 3 nitrogen and oxygen atoms in total. The second-order valence-electron chi connectivity index (χ2n) is 5.08. The van der Waals surface area contributed by atoms with E-state index in [9.17, 15) is 9.18 Å². The summed E-state index contributed by atoms with van der Waals surface area (Å²) in [5, 5.41) is 12.1. The van der Waals surface area contributed by atoms with E-state index in [1.54, 1.807) is 19.1 Å². The van der Waals surface area contributed by atoms with Crippen LogP contribution in [0.4, 0.5) is 4.39 Å². The predicted octanol–water partition coefficient (Wildman–Crippen LogP) is 3.19. The smallest absolute Gasteiger partial charge is 0.306 e. The molecule has 0 fully saturated rings. The zero-order chi connectivity index (χ0) is 14.3. The first-order valence-corrected chi connectivity index (χ1v) is 6.69. The minimum atomic E-state index is -0.730. The normalized spacial score (nSPS) is 14.1. The van der Waals surface area contributed by atoms with Gasteiger partial charge >= 0.3 is 5.97 Å². The van der Waals surface area contributed by atoms with Gasteiger partial charge in [-0.3, -0.25) is 4.79 Å². The van der Waals surface area contributed by atoms with Gasteiger partial charge in [-0.05, 0) is 37.5 Å². The molecule has 1 aromatic rings. The van der Waals surface area contributed by atoms with E-state index in [4.69, 9.17) is 5.11 Å². The molecule has 0 saturated carbocycles. The molecule has 0 bridgehead atoms. The number of carboxylic acid groups (broad SMARTS) is 1. The molecule has 0 aliphatic heterocycles. The molecule has 0 aromatic heterocycles. The second-order valence-corrected chi connectivity index (χ2v) is 5.08. The standard InChI is InChI=1S/C15H22FNO2/c1-11(15(18)19)4-3-5-12(2)17-10-13-6-8-14(16)9-7-13/h6-9,11-12,17H,3-5,10H2,1-2H3,(H,18,19). The van der Waals surface area contributed by atoms with Gasteiger partial charge in [-0.15, -0.1) is 0 Å². The van der Waals surface area contributed by atoms with E-state index in [0.717, 1.165) is 18.4 Å². The lowest BCUT2D eigenvalue weighted by atomic mass is 10.0. The Morgan fingerprint density at radius 3 is 2.47 bits per heavy atom. The Bertz CT molecular complexity index is 392. The van der Waals surface area contributed by atoms with E-state index in [2.05, 4.69) is 12.2 Å². The lowest BCUT2D eigenvalue weighted by Crippen LogP contribution is -2.25. The van der Waals surface area contributed by atoms with E-state index in [1.165, 1.54) is 12.1 Å². The highest BCUT2D eigenvalue weighted by Gasteiger charge is 2.11. The van der Waals surface area contributed by atoms with Crippen molar-refractivity contribution in [2.75, 3.05) is 0 Å². The minimum Gasteiger partial charge on any atom is -0.481 e. The third-order valence-corrected chi connectivity index (χ3v) is 3.26. The number of hydrogen-bond donors (Lipinski definition) is 2. The van der Waals surface area contributed by atoms with E-state index in [-0.39, 0.29) is 11.7 Å². The van der Waals surface area contributed by atoms with E-state index in [1.807, 2.05) is 0 Å². The third-order valence-electron chi connectivity index (χ3n) is 3.26. The largest absolute Gasteiger partial charge is 0.481 e. The van der Waals surface area contributed by atoms with Gasteiger partial charge in [0.2, 0.25) is 0 Å². The fourth-order valence-corrected chi connectivity index (χ4v) is 1.85. The monoisotopic (exact) mass is 267 g/mol. The number of hydrogen-bond acceptors (Lipinski definition) is 2. The van der Waals surface area contributed by atoms with Crippen molar-refractivity contribution in [2.24, 2.45) is 5.92 Å². The van der Waals surface area contributed by atoms with Gasteiger partial charge in [-0.2, -0.15) is 0 Å². The number of benzene rings is 1. The van der Waals surface area contributed by atoms with Crippen LogP contribution in [-0.4, -0.2) is 17.1 Å². The Kier molecular flexibility index (Phi) is 6.50. The highest BCUT2D eigenvalue weighted by atomic mass is 19.1. The fourth-order valence-electron chi connectivity index (χ4n) is 1.85. The predicted molar refractivity (Wildman–Crippen MR) is 73.4 cm³/mol. The van der Waals surface area contributed by atoms with Crippen molar-refractivity contribution < 1.29 is 14.3 Å². The van der Waals surface area contributed by atoms with Crippen molar-refractivity contribution in [3.8, 4) is 0 Å². The maximum atomic E-state index is 12.7. The first-order valence-electron chi connectivity index (χ1n) is 6.69. The van der Waals surface area contributed by atoms with Crippen LogP contribution in [0.1, 0.15) is 38.7 Å². The van der Waals surface area contributed by atoms with E-state index in [0.29, 0.717) is 19.0 Å². The van der Waals surface area contributed by atoms with Gasteiger partial charge in [0.25, 0.3) is 0 Å². The fraction of sp³-hybridized carbons (Fsp3) is 0.533. The Hall–Kier alpha value is -1.42. The first-order chi connectivity index (χ1) is 8.99. The lowest BCUT2D eigenvalue weighted by Gasteiger charge is -2.14. The van der Waals surface area contributed by atoms with Crippen LogP contribution in [0, 0.1) is 11.7 Å². The molecule has 0 amide bonds. The average Bonchev–Trinajstić information content (AvgIpc) is 2.37. The van der Waals surface area contributed by atoms with Gasteiger partial charge in [-0.1, -0.05) is 25.5 Å². The van der Waals surface area contributed by atoms with Gasteiger partial charge in [0.15, 0.2) is 0 Å². The zero-order valence-corrected chi connectivity index (χ0v) is 11.5. The average molecular weight is 267 g/mol. The number of carboxylic acids is 1. The van der Waals surface area contributed by atoms with Crippen molar-refractivity contribution in [2.45, 2.75) is 45.7 Å². The summed E-state index contributed by atoms with van der Waals surface area (Å²) in [6, 6.07) is 6.77. The molecule has 19 heavy (non-hydrogen) atoms. The maximum Gasteiger partial charge on any atom is 0.306 e. The third kappa shape index (κ3) is 6.34. The lowest BCUT2D eigenvalue weighted by molar-refractivity contribution is -0.141. The SMILES string of the molecule is CC(CCCC(C)C(=O)O)NCc1ccc(F)cc1. The molecular weight excluding hydrogens is 245 g/mol. The summed E-state index contributed by atoms with van der Waals surface area (Å²) in [6.45, 7) is 4.52. The van der Waals surface area contributed by atoms with Crippen LogP contribution in [0.3, 0.4) is 0 Å². The molecule has 0 heterocycles. The number of rotatable bonds is 8. The highest BCUT2D eigenvalue weighted by Crippen LogP contribution is 2.10. The Morgan fingerprint density at radius 2 is 1.89 bits per heavy atom. The van der Waals surface area contributed by atoms with Gasteiger partial charge in [0.1, 0.15) is 5.82 Å². The van der Waals surface area contributed by atoms with Crippen LogP contribution >= 0.6 is 0 Å². The highest BCUT2D eigenvalue weighted by molar-refractivity contribution is 5.69. The summed E-state index contributed by atoms with van der Waals surface area (Å²) in [7, 11) is 0. The summed E-state index contributed by atoms with van der Waals surface area (Å²) in [4.78, 5) is 10.7. The Labute approximate surface area is 113 Å². The van der Waals surface area contributed by atoms with Crippen LogP contribution < -0.4 is 5.32 Å². The quantitative estimate of drug-likeness (QED) is 0.760. The molecule has 2 atom stereocenters. The van der Waals surface area contributed by atoms with E-state index < -0.39 is 5.97 Å². The van der Waals surface area contributed by atoms with Crippen molar-refractivity contribution in [1.82, 2.24) is 5.32 Å². The maximum absolute atomic E-state index is 12.7. The molecule has 0 aliphatic rings. The van der Waals surface area contributed by atoms with Gasteiger partial charge < -0.3 is 10.4 Å². The number of aliphatic carboxylic acids is 1. The number of halogens is 1. The van der Waals surface area contributed by atoms with Crippen molar-refractivity contribution in [3.05, 3.63) is 35.6 Å². The second kappa shape index (κ2) is 7.89. The molecule has 106 valence electrons. The summed E-state index contributed by atoms with van der Waals surface area (Å²) < 4.78 is 12.7. The summed E-state index contributed by atoms with van der Waals surface area (Å²) in [5.41, 5.74) is 1.05. The van der Waals surface area contributed by atoms with Crippen LogP contribution in [0.25, 0.3) is 0 Å². The summed E-state index contributed by atoms with van der Waals surface area (Å²) >= 11 is 0. The molecule has 2 unspecified atom stereocenters. The number of nitrogens with one attached hydrogen (secondary N) is 1. The van der Waals surface area contributed by atoms with Gasteiger partial charge in [0, 0.05) is 12.6 Å². The molecule has 1 rings (SSSR count). The number of carbonyl (C=O) groups is 1. The van der Waals surface area contributed by atoms with Crippen molar-refractivity contribution in [1.29, 1.82) is 0 Å². The van der Waals surface area contributed by atoms with Gasteiger partial charge in [-0.25, -0.2) is 4.39 Å². The summed E-state index contributed by atoms with van der Waals surface area (Å²) in [5.74, 6) is -1.23. The first kappa shape index (κ1) is 15.6. The van der Waals surface area contributed by atoms with Gasteiger partial charge in [0.05, 0.1) is 5.92 Å². The minimum absolute atomic E-state index is 0.223. The Morgan fingerprint density at radius 1 is 1.26 bits per heavy atom. The molecule has 1 aromatic carbocycles. The molecule has 0 radical (unpaired) electrons. The van der Waals surface area contributed by atoms with Crippen LogP contribution in [0.5, 0.6) is 0 Å². The van der Waals surface area contributed by atoms with Crippen LogP contribution in [0.2, 0.25) is 0 Å².